The van der Waals surface area contributed by atoms with Gasteiger partial charge in [-0.3, -0.25) is 4.90 Å². The van der Waals surface area contributed by atoms with Gasteiger partial charge < -0.3 is 10.2 Å². The molecule has 1 N–H and O–H groups in total. The van der Waals surface area contributed by atoms with Gasteiger partial charge in [0, 0.05) is 49.2 Å². The molecule has 1 fully saturated rings. The number of hydrogen-bond acceptors (Lipinski definition) is 5. The summed E-state index contributed by atoms with van der Waals surface area (Å²) in [5.74, 6) is 1.72. The molecule has 0 spiro atoms. The highest BCUT2D eigenvalue weighted by atomic mass is 35.5. The molecule has 1 aliphatic rings. The largest absolute Gasteiger partial charge is 0.367 e. The summed E-state index contributed by atoms with van der Waals surface area (Å²) >= 11 is 6.32. The number of halogens is 1. The SMILES string of the molecule is CC(C)Nc1nc(N2CCN(Cc3ccccc3Cl)CC2)nc2ccccc12. The lowest BCUT2D eigenvalue weighted by Crippen LogP contribution is -2.46. The van der Waals surface area contributed by atoms with Crippen molar-refractivity contribution in [1.82, 2.24) is 14.9 Å². The van der Waals surface area contributed by atoms with Gasteiger partial charge in [0.2, 0.25) is 5.95 Å². The fraction of sp³-hybridized carbons (Fsp3) is 0.364. The van der Waals surface area contributed by atoms with Crippen LogP contribution in [0.5, 0.6) is 0 Å². The third kappa shape index (κ3) is 4.21. The maximum absolute atomic E-state index is 6.32. The molecule has 0 unspecified atom stereocenters. The van der Waals surface area contributed by atoms with Gasteiger partial charge in [0.15, 0.2) is 0 Å². The Balaban J connectivity index is 1.50. The molecule has 6 heteroatoms. The van der Waals surface area contributed by atoms with E-state index in [2.05, 4.69) is 47.2 Å². The highest BCUT2D eigenvalue weighted by Gasteiger charge is 2.21. The van der Waals surface area contributed by atoms with E-state index < -0.39 is 0 Å². The normalized spacial score (nSPS) is 15.4. The minimum Gasteiger partial charge on any atom is -0.367 e. The molecule has 3 aromatic rings. The fourth-order valence-electron chi connectivity index (χ4n) is 3.56. The number of nitrogens with zero attached hydrogens (tertiary/aromatic N) is 4. The van der Waals surface area contributed by atoms with Crippen LogP contribution < -0.4 is 10.2 Å². The Hall–Kier alpha value is -2.37. The van der Waals surface area contributed by atoms with Crippen molar-refractivity contribution >= 4 is 34.3 Å². The Labute approximate surface area is 171 Å². The smallest absolute Gasteiger partial charge is 0.227 e. The van der Waals surface area contributed by atoms with Crippen LogP contribution in [0.15, 0.2) is 48.5 Å². The second kappa shape index (κ2) is 8.33. The molecule has 0 aliphatic carbocycles. The summed E-state index contributed by atoms with van der Waals surface area (Å²) in [6.07, 6.45) is 0. The van der Waals surface area contributed by atoms with Gasteiger partial charge >= 0.3 is 0 Å². The van der Waals surface area contributed by atoms with Crippen molar-refractivity contribution < 1.29 is 0 Å². The first kappa shape index (κ1) is 19.0. The number of anilines is 2. The average Bonchev–Trinajstić information content (AvgIpc) is 2.70. The number of aromatic nitrogens is 2. The number of fused-ring (bicyclic) bond motifs is 1. The summed E-state index contributed by atoms with van der Waals surface area (Å²) < 4.78 is 0. The predicted molar refractivity (Wildman–Crippen MR) is 117 cm³/mol. The third-order valence-corrected chi connectivity index (χ3v) is 5.39. The summed E-state index contributed by atoms with van der Waals surface area (Å²) in [5, 5.41) is 5.38. The molecule has 5 nitrogen and oxygen atoms in total. The van der Waals surface area contributed by atoms with E-state index in [1.165, 1.54) is 5.56 Å². The van der Waals surface area contributed by atoms with Crippen molar-refractivity contribution in [3.8, 4) is 0 Å². The lowest BCUT2D eigenvalue weighted by atomic mass is 10.2. The first-order valence-corrected chi connectivity index (χ1v) is 10.2. The van der Waals surface area contributed by atoms with Gasteiger partial charge in [-0.05, 0) is 37.6 Å². The topological polar surface area (TPSA) is 44.3 Å². The Morgan fingerprint density at radius 2 is 1.68 bits per heavy atom. The molecule has 0 atom stereocenters. The van der Waals surface area contributed by atoms with Gasteiger partial charge in [0.05, 0.1) is 5.52 Å². The van der Waals surface area contributed by atoms with E-state index >= 15 is 0 Å². The second-order valence-electron chi connectivity index (χ2n) is 7.54. The van der Waals surface area contributed by atoms with Crippen molar-refractivity contribution in [2.24, 2.45) is 0 Å². The molecule has 0 saturated carbocycles. The quantitative estimate of drug-likeness (QED) is 0.692. The van der Waals surface area contributed by atoms with E-state index in [0.717, 1.165) is 60.4 Å². The molecule has 0 amide bonds. The Morgan fingerprint density at radius 3 is 2.43 bits per heavy atom. The van der Waals surface area contributed by atoms with Crippen molar-refractivity contribution in [2.45, 2.75) is 26.4 Å². The average molecular weight is 396 g/mol. The first-order valence-electron chi connectivity index (χ1n) is 9.84. The van der Waals surface area contributed by atoms with Crippen molar-refractivity contribution in [3.63, 3.8) is 0 Å². The predicted octanol–water partition coefficient (Wildman–Crippen LogP) is 4.43. The van der Waals surface area contributed by atoms with E-state index in [1.807, 2.05) is 30.3 Å². The van der Waals surface area contributed by atoms with Gasteiger partial charge in [-0.2, -0.15) is 4.98 Å². The molecular formula is C22H26ClN5. The van der Waals surface area contributed by atoms with E-state index in [-0.39, 0.29) is 0 Å². The van der Waals surface area contributed by atoms with E-state index in [9.17, 15) is 0 Å². The Morgan fingerprint density at radius 1 is 0.964 bits per heavy atom. The van der Waals surface area contributed by atoms with Crippen molar-refractivity contribution in [1.29, 1.82) is 0 Å². The lowest BCUT2D eigenvalue weighted by molar-refractivity contribution is 0.249. The van der Waals surface area contributed by atoms with E-state index in [4.69, 9.17) is 21.6 Å². The van der Waals surface area contributed by atoms with E-state index in [0.29, 0.717) is 6.04 Å². The molecule has 4 rings (SSSR count). The van der Waals surface area contributed by atoms with Crippen LogP contribution >= 0.6 is 11.6 Å². The van der Waals surface area contributed by atoms with Crippen LogP contribution in [-0.4, -0.2) is 47.1 Å². The van der Waals surface area contributed by atoms with Crippen LogP contribution in [0.2, 0.25) is 5.02 Å². The second-order valence-corrected chi connectivity index (χ2v) is 7.95. The van der Waals surface area contributed by atoms with Gasteiger partial charge in [-0.1, -0.05) is 41.9 Å². The summed E-state index contributed by atoms with van der Waals surface area (Å²) in [6, 6.07) is 16.6. The first-order chi connectivity index (χ1) is 13.6. The standard InChI is InChI=1S/C22H26ClN5/c1-16(2)24-21-18-8-4-6-10-20(18)25-22(26-21)28-13-11-27(12-14-28)15-17-7-3-5-9-19(17)23/h3-10,16H,11-15H2,1-2H3,(H,24,25,26). The molecule has 0 radical (unpaired) electrons. The van der Waals surface area contributed by atoms with Crippen LogP contribution in [0.1, 0.15) is 19.4 Å². The van der Waals surface area contributed by atoms with Crippen LogP contribution in [0, 0.1) is 0 Å². The minimum absolute atomic E-state index is 0.318. The number of piperazine rings is 1. The van der Waals surface area contributed by atoms with Crippen LogP contribution in [0.4, 0.5) is 11.8 Å². The maximum Gasteiger partial charge on any atom is 0.227 e. The zero-order valence-electron chi connectivity index (χ0n) is 16.4. The minimum atomic E-state index is 0.318. The molecule has 2 aromatic carbocycles. The lowest BCUT2D eigenvalue weighted by Gasteiger charge is -2.35. The zero-order chi connectivity index (χ0) is 19.5. The number of nitrogens with one attached hydrogen (secondary N) is 1. The molecule has 2 heterocycles. The molecule has 0 bridgehead atoms. The maximum atomic E-state index is 6.32. The van der Waals surface area contributed by atoms with Gasteiger partial charge in [0.25, 0.3) is 0 Å². The van der Waals surface area contributed by atoms with Crippen LogP contribution in [0.25, 0.3) is 10.9 Å². The number of benzene rings is 2. The van der Waals surface area contributed by atoms with Gasteiger partial charge in [-0.25, -0.2) is 4.98 Å². The van der Waals surface area contributed by atoms with Crippen LogP contribution in [-0.2, 0) is 6.54 Å². The third-order valence-electron chi connectivity index (χ3n) is 5.02. The highest BCUT2D eigenvalue weighted by molar-refractivity contribution is 6.31. The monoisotopic (exact) mass is 395 g/mol. The molecular weight excluding hydrogens is 370 g/mol. The Kier molecular flexibility index (Phi) is 5.64. The van der Waals surface area contributed by atoms with Crippen LogP contribution in [0.3, 0.4) is 0 Å². The van der Waals surface area contributed by atoms with Gasteiger partial charge in [0.1, 0.15) is 5.82 Å². The number of hydrogen-bond donors (Lipinski definition) is 1. The summed E-state index contributed by atoms with van der Waals surface area (Å²) in [4.78, 5) is 14.4. The van der Waals surface area contributed by atoms with E-state index in [1.54, 1.807) is 0 Å². The molecule has 28 heavy (non-hydrogen) atoms. The summed E-state index contributed by atoms with van der Waals surface area (Å²) in [7, 11) is 0. The summed E-state index contributed by atoms with van der Waals surface area (Å²) in [6.45, 7) is 8.89. The highest BCUT2D eigenvalue weighted by Crippen LogP contribution is 2.25. The number of rotatable bonds is 5. The molecule has 1 saturated heterocycles. The molecule has 146 valence electrons. The summed E-state index contributed by atoms with van der Waals surface area (Å²) in [5.41, 5.74) is 2.16. The Bertz CT molecular complexity index is 951. The molecule has 1 aliphatic heterocycles. The number of para-hydroxylation sites is 1. The zero-order valence-corrected chi connectivity index (χ0v) is 17.2. The van der Waals surface area contributed by atoms with Gasteiger partial charge in [-0.15, -0.1) is 0 Å². The van der Waals surface area contributed by atoms with Crippen molar-refractivity contribution in [3.05, 3.63) is 59.1 Å². The fourth-order valence-corrected chi connectivity index (χ4v) is 3.76. The molecule has 1 aromatic heterocycles. The van der Waals surface area contributed by atoms with Crippen molar-refractivity contribution in [2.75, 3.05) is 36.4 Å².